The maximum absolute atomic E-state index is 13.0. The summed E-state index contributed by atoms with van der Waals surface area (Å²) in [6.07, 6.45) is 0.993. The number of hydrogen-bond acceptors (Lipinski definition) is 2. The lowest BCUT2D eigenvalue weighted by atomic mass is 10.1. The number of hydrogen-bond donors (Lipinski definition) is 2. The minimum atomic E-state index is -0.285. The number of nitrogens with one attached hydrogen (secondary N) is 2. The van der Waals surface area contributed by atoms with Crippen molar-refractivity contribution >= 4 is 5.91 Å². The minimum absolute atomic E-state index is 0.0739. The van der Waals surface area contributed by atoms with Gasteiger partial charge in [-0.2, -0.15) is 0 Å². The van der Waals surface area contributed by atoms with Gasteiger partial charge in [0.1, 0.15) is 5.82 Å². The zero-order chi connectivity index (χ0) is 12.7. The van der Waals surface area contributed by atoms with Crippen LogP contribution in [-0.2, 0) is 4.79 Å². The second-order valence-electron chi connectivity index (χ2n) is 4.02. The molecule has 0 saturated carbocycles. The van der Waals surface area contributed by atoms with Gasteiger partial charge in [0.15, 0.2) is 0 Å². The maximum atomic E-state index is 13.0. The third-order valence-electron chi connectivity index (χ3n) is 2.44. The Morgan fingerprint density at radius 1 is 1.47 bits per heavy atom. The van der Waals surface area contributed by atoms with Gasteiger partial charge in [-0.3, -0.25) is 4.79 Å². The lowest BCUT2D eigenvalue weighted by Crippen LogP contribution is -2.35. The zero-order valence-electron chi connectivity index (χ0n) is 10.3. The van der Waals surface area contributed by atoms with Crippen LogP contribution >= 0.6 is 0 Å². The van der Waals surface area contributed by atoms with Crippen LogP contribution in [0.1, 0.15) is 31.9 Å². The summed E-state index contributed by atoms with van der Waals surface area (Å²) in [6, 6.07) is 6.09. The van der Waals surface area contributed by atoms with Crippen LogP contribution in [0.5, 0.6) is 0 Å². The van der Waals surface area contributed by atoms with E-state index >= 15 is 0 Å². The molecule has 0 heterocycles. The molecule has 1 atom stereocenters. The Balaban J connectivity index is 2.43. The average molecular weight is 238 g/mol. The van der Waals surface area contributed by atoms with Gasteiger partial charge < -0.3 is 10.6 Å². The lowest BCUT2D eigenvalue weighted by Gasteiger charge is -2.14. The quantitative estimate of drug-likeness (QED) is 0.744. The molecule has 0 aromatic heterocycles. The zero-order valence-corrected chi connectivity index (χ0v) is 10.3. The van der Waals surface area contributed by atoms with Crippen molar-refractivity contribution in [2.75, 3.05) is 13.1 Å². The fourth-order valence-electron chi connectivity index (χ4n) is 1.53. The minimum Gasteiger partial charge on any atom is -0.348 e. The van der Waals surface area contributed by atoms with Crippen LogP contribution in [-0.4, -0.2) is 19.0 Å². The van der Waals surface area contributed by atoms with E-state index in [2.05, 4.69) is 10.6 Å². The van der Waals surface area contributed by atoms with Gasteiger partial charge in [0.2, 0.25) is 5.91 Å². The molecule has 0 fully saturated rings. The molecule has 0 spiro atoms. The van der Waals surface area contributed by atoms with Crippen LogP contribution in [0.15, 0.2) is 24.3 Å². The molecule has 0 aliphatic rings. The largest absolute Gasteiger partial charge is 0.348 e. The predicted molar refractivity (Wildman–Crippen MR) is 66.1 cm³/mol. The Morgan fingerprint density at radius 3 is 2.88 bits per heavy atom. The van der Waals surface area contributed by atoms with Gasteiger partial charge in [0, 0.05) is 0 Å². The van der Waals surface area contributed by atoms with E-state index in [9.17, 15) is 9.18 Å². The maximum Gasteiger partial charge on any atom is 0.234 e. The first kappa shape index (κ1) is 13.6. The second-order valence-corrected chi connectivity index (χ2v) is 4.02. The number of halogens is 1. The van der Waals surface area contributed by atoms with Crippen LogP contribution in [0.3, 0.4) is 0 Å². The molecule has 4 heteroatoms. The van der Waals surface area contributed by atoms with E-state index in [1.165, 1.54) is 12.1 Å². The smallest absolute Gasteiger partial charge is 0.234 e. The Morgan fingerprint density at radius 2 is 2.24 bits per heavy atom. The summed E-state index contributed by atoms with van der Waals surface area (Å²) in [7, 11) is 0. The second kappa shape index (κ2) is 7.01. The first-order valence-corrected chi connectivity index (χ1v) is 5.89. The fourth-order valence-corrected chi connectivity index (χ4v) is 1.53. The topological polar surface area (TPSA) is 41.1 Å². The van der Waals surface area contributed by atoms with E-state index in [0.29, 0.717) is 6.54 Å². The van der Waals surface area contributed by atoms with Gasteiger partial charge in [-0.05, 0) is 37.6 Å². The third kappa shape index (κ3) is 4.95. The van der Waals surface area contributed by atoms with Gasteiger partial charge in [0.05, 0.1) is 12.6 Å². The number of carbonyl (C=O) groups excluding carboxylic acids is 1. The lowest BCUT2D eigenvalue weighted by molar-refractivity contribution is -0.120. The highest BCUT2D eigenvalue weighted by Gasteiger charge is 2.09. The van der Waals surface area contributed by atoms with Crippen LogP contribution in [0.25, 0.3) is 0 Å². The van der Waals surface area contributed by atoms with Gasteiger partial charge in [0.25, 0.3) is 0 Å². The Bertz CT molecular complexity index is 368. The van der Waals surface area contributed by atoms with Crippen molar-refractivity contribution < 1.29 is 9.18 Å². The van der Waals surface area contributed by atoms with Crippen LogP contribution in [0.2, 0.25) is 0 Å². The average Bonchev–Trinajstić information content (AvgIpc) is 2.29. The van der Waals surface area contributed by atoms with Crippen molar-refractivity contribution in [3.63, 3.8) is 0 Å². The van der Waals surface area contributed by atoms with E-state index in [-0.39, 0.29) is 17.8 Å². The summed E-state index contributed by atoms with van der Waals surface area (Å²) < 4.78 is 13.0. The number of rotatable bonds is 6. The van der Waals surface area contributed by atoms with Crippen LogP contribution in [0, 0.1) is 5.82 Å². The van der Waals surface area contributed by atoms with E-state index in [1.807, 2.05) is 13.8 Å². The van der Waals surface area contributed by atoms with E-state index in [4.69, 9.17) is 0 Å². The normalized spacial score (nSPS) is 12.2. The molecule has 1 aromatic rings. The molecule has 2 N–H and O–H groups in total. The summed E-state index contributed by atoms with van der Waals surface area (Å²) in [5.74, 6) is -0.358. The summed E-state index contributed by atoms with van der Waals surface area (Å²) in [4.78, 5) is 11.5. The Kier molecular flexibility index (Phi) is 5.63. The fraction of sp³-hybridized carbons (Fsp3) is 0.462. The molecule has 1 rings (SSSR count). The van der Waals surface area contributed by atoms with Crippen molar-refractivity contribution in [3.8, 4) is 0 Å². The molecular formula is C13H19FN2O. The molecule has 0 aliphatic heterocycles. The molecule has 0 aliphatic carbocycles. The van der Waals surface area contributed by atoms with E-state index in [1.54, 1.807) is 12.1 Å². The third-order valence-corrected chi connectivity index (χ3v) is 2.44. The van der Waals surface area contributed by atoms with E-state index < -0.39 is 0 Å². The number of carbonyl (C=O) groups is 1. The van der Waals surface area contributed by atoms with Gasteiger partial charge in [-0.25, -0.2) is 4.39 Å². The highest BCUT2D eigenvalue weighted by Crippen LogP contribution is 2.12. The first-order valence-electron chi connectivity index (χ1n) is 5.89. The van der Waals surface area contributed by atoms with Crippen molar-refractivity contribution in [2.45, 2.75) is 26.3 Å². The molecule has 1 unspecified atom stereocenters. The first-order chi connectivity index (χ1) is 8.13. The van der Waals surface area contributed by atoms with Crippen LogP contribution < -0.4 is 10.6 Å². The number of amides is 1. The molecule has 3 nitrogen and oxygen atoms in total. The van der Waals surface area contributed by atoms with Crippen molar-refractivity contribution in [3.05, 3.63) is 35.6 Å². The molecule has 17 heavy (non-hydrogen) atoms. The SMILES string of the molecule is CCCNCC(=O)NC(C)c1cccc(F)c1. The van der Waals surface area contributed by atoms with E-state index in [0.717, 1.165) is 18.5 Å². The number of benzene rings is 1. The molecule has 1 aromatic carbocycles. The van der Waals surface area contributed by atoms with Crippen molar-refractivity contribution in [2.24, 2.45) is 0 Å². The van der Waals surface area contributed by atoms with Crippen molar-refractivity contribution in [1.82, 2.24) is 10.6 Å². The molecular weight excluding hydrogens is 219 g/mol. The Labute approximate surface area is 101 Å². The standard InChI is InChI=1S/C13H19FN2O/c1-3-7-15-9-13(17)16-10(2)11-5-4-6-12(14)8-11/h4-6,8,10,15H,3,7,9H2,1-2H3,(H,16,17). The molecule has 94 valence electrons. The summed E-state index contributed by atoms with van der Waals surface area (Å²) in [5.41, 5.74) is 0.772. The van der Waals surface area contributed by atoms with Crippen LogP contribution in [0.4, 0.5) is 4.39 Å². The molecule has 0 radical (unpaired) electrons. The summed E-state index contributed by atoms with van der Waals surface area (Å²) >= 11 is 0. The molecule has 0 saturated heterocycles. The highest BCUT2D eigenvalue weighted by atomic mass is 19.1. The van der Waals surface area contributed by atoms with Gasteiger partial charge in [-0.1, -0.05) is 19.1 Å². The monoisotopic (exact) mass is 238 g/mol. The summed E-state index contributed by atoms with van der Waals surface area (Å²) in [6.45, 7) is 5.00. The molecule has 1 amide bonds. The highest BCUT2D eigenvalue weighted by molar-refractivity contribution is 5.78. The molecule has 0 bridgehead atoms. The van der Waals surface area contributed by atoms with Gasteiger partial charge >= 0.3 is 0 Å². The van der Waals surface area contributed by atoms with Gasteiger partial charge in [-0.15, -0.1) is 0 Å². The predicted octanol–water partition coefficient (Wildman–Crippen LogP) is 2.00. The Hall–Kier alpha value is -1.42. The van der Waals surface area contributed by atoms with Crippen molar-refractivity contribution in [1.29, 1.82) is 0 Å². The summed E-state index contributed by atoms with van der Waals surface area (Å²) in [5, 5.41) is 5.83.